The minimum atomic E-state index is -0.432. The Morgan fingerprint density at radius 3 is 3.14 bits per heavy atom. The van der Waals surface area contributed by atoms with Gasteiger partial charge in [-0.15, -0.1) is 0 Å². The SMILES string of the molecule is O=C1C[C@H]2N(Cc3cccc(O)c3Cl)CC[C@]23OCCCN13. The highest BCUT2D eigenvalue weighted by Gasteiger charge is 2.60. The minimum absolute atomic E-state index is 0.0821. The second-order valence-electron chi connectivity index (χ2n) is 6.28. The first kappa shape index (κ1) is 14.3. The lowest BCUT2D eigenvalue weighted by Crippen LogP contribution is -2.56. The van der Waals surface area contributed by atoms with Gasteiger partial charge in [0.1, 0.15) is 5.75 Å². The molecule has 2 atom stereocenters. The number of carbonyl (C=O) groups excluding carboxylic acids is 1. The highest BCUT2D eigenvalue weighted by atomic mass is 35.5. The molecule has 3 saturated heterocycles. The zero-order valence-corrected chi connectivity index (χ0v) is 13.1. The summed E-state index contributed by atoms with van der Waals surface area (Å²) < 4.78 is 6.09. The molecule has 1 aromatic rings. The lowest BCUT2D eigenvalue weighted by Gasteiger charge is -2.42. The summed E-state index contributed by atoms with van der Waals surface area (Å²) in [7, 11) is 0. The van der Waals surface area contributed by atoms with Gasteiger partial charge in [0.05, 0.1) is 17.7 Å². The van der Waals surface area contributed by atoms with Crippen LogP contribution in [0, 0.1) is 0 Å². The van der Waals surface area contributed by atoms with Crippen LogP contribution in [0.3, 0.4) is 0 Å². The number of carbonyl (C=O) groups is 1. The summed E-state index contributed by atoms with van der Waals surface area (Å²) in [6.45, 7) is 3.03. The van der Waals surface area contributed by atoms with Gasteiger partial charge in [-0.3, -0.25) is 9.69 Å². The van der Waals surface area contributed by atoms with Crippen LogP contribution in [0.1, 0.15) is 24.8 Å². The number of ether oxygens (including phenoxy) is 1. The Labute approximate surface area is 134 Å². The molecule has 5 nitrogen and oxygen atoms in total. The van der Waals surface area contributed by atoms with Gasteiger partial charge in [-0.1, -0.05) is 23.7 Å². The molecule has 3 aliphatic heterocycles. The van der Waals surface area contributed by atoms with Gasteiger partial charge in [-0.2, -0.15) is 0 Å². The predicted octanol–water partition coefficient (Wildman–Crippen LogP) is 1.97. The summed E-state index contributed by atoms with van der Waals surface area (Å²) in [4.78, 5) is 16.5. The number of rotatable bonds is 2. The van der Waals surface area contributed by atoms with E-state index in [0.29, 0.717) is 18.0 Å². The van der Waals surface area contributed by atoms with E-state index < -0.39 is 5.72 Å². The molecule has 4 rings (SSSR count). The van der Waals surface area contributed by atoms with Crippen molar-refractivity contribution >= 4 is 17.5 Å². The lowest BCUT2D eigenvalue weighted by molar-refractivity contribution is -0.180. The molecule has 0 radical (unpaired) electrons. The van der Waals surface area contributed by atoms with Crippen LogP contribution >= 0.6 is 11.6 Å². The van der Waals surface area contributed by atoms with Gasteiger partial charge in [-0.05, 0) is 18.1 Å². The number of phenolic OH excluding ortho intramolecular Hbond substituents is 1. The Balaban J connectivity index is 1.60. The molecule has 1 aromatic carbocycles. The summed E-state index contributed by atoms with van der Waals surface area (Å²) in [6, 6.07) is 5.39. The third-order valence-electron chi connectivity index (χ3n) is 5.15. The standard InChI is InChI=1S/C16H19ClN2O3/c17-15-11(3-1-4-12(15)20)10-18-7-5-16-13(18)9-14(21)19(16)6-2-8-22-16/h1,3-4,13,20H,2,5-10H2/t13-,16+/m1/s1. The van der Waals surface area contributed by atoms with Crippen molar-refractivity contribution in [3.63, 3.8) is 0 Å². The van der Waals surface area contributed by atoms with Crippen LogP contribution in [0.2, 0.25) is 5.02 Å². The quantitative estimate of drug-likeness (QED) is 0.904. The number of benzene rings is 1. The summed E-state index contributed by atoms with van der Waals surface area (Å²) in [5.74, 6) is 0.294. The molecule has 0 bridgehead atoms. The molecule has 0 aliphatic carbocycles. The van der Waals surface area contributed by atoms with E-state index in [0.717, 1.165) is 38.1 Å². The smallest absolute Gasteiger partial charge is 0.226 e. The van der Waals surface area contributed by atoms with Crippen molar-refractivity contribution < 1.29 is 14.6 Å². The zero-order valence-electron chi connectivity index (χ0n) is 12.3. The maximum Gasteiger partial charge on any atom is 0.226 e. The topological polar surface area (TPSA) is 53.0 Å². The number of amides is 1. The molecule has 0 unspecified atom stereocenters. The van der Waals surface area contributed by atoms with Crippen molar-refractivity contribution in [2.24, 2.45) is 0 Å². The molecule has 118 valence electrons. The maximum atomic E-state index is 12.3. The summed E-state index contributed by atoms with van der Waals surface area (Å²) >= 11 is 6.19. The van der Waals surface area contributed by atoms with Gasteiger partial charge >= 0.3 is 0 Å². The average molecular weight is 323 g/mol. The van der Waals surface area contributed by atoms with E-state index in [-0.39, 0.29) is 17.7 Å². The highest BCUT2D eigenvalue weighted by molar-refractivity contribution is 6.32. The van der Waals surface area contributed by atoms with Crippen LogP contribution in [-0.2, 0) is 16.1 Å². The number of halogens is 1. The van der Waals surface area contributed by atoms with E-state index in [2.05, 4.69) is 4.90 Å². The Morgan fingerprint density at radius 1 is 1.41 bits per heavy atom. The molecule has 22 heavy (non-hydrogen) atoms. The number of nitrogens with zero attached hydrogens (tertiary/aromatic N) is 2. The van der Waals surface area contributed by atoms with Gasteiger partial charge < -0.3 is 14.7 Å². The zero-order chi connectivity index (χ0) is 15.3. The molecule has 1 amide bonds. The Hall–Kier alpha value is -1.30. The fourth-order valence-electron chi connectivity index (χ4n) is 4.13. The van der Waals surface area contributed by atoms with Crippen LogP contribution in [0.5, 0.6) is 5.75 Å². The van der Waals surface area contributed by atoms with Crippen LogP contribution in [-0.4, -0.2) is 52.3 Å². The molecule has 3 heterocycles. The van der Waals surface area contributed by atoms with Crippen LogP contribution in [0.4, 0.5) is 0 Å². The van der Waals surface area contributed by atoms with Gasteiger partial charge in [0, 0.05) is 32.5 Å². The summed E-state index contributed by atoms with van der Waals surface area (Å²) in [6.07, 6.45) is 2.27. The van der Waals surface area contributed by atoms with E-state index in [1.54, 1.807) is 12.1 Å². The Kier molecular flexibility index (Phi) is 3.33. The summed E-state index contributed by atoms with van der Waals surface area (Å²) in [5, 5.41) is 10.1. The first-order valence-corrected chi connectivity index (χ1v) is 8.14. The molecule has 0 saturated carbocycles. The van der Waals surface area contributed by atoms with Gasteiger partial charge in [0.2, 0.25) is 5.91 Å². The first-order chi connectivity index (χ1) is 10.6. The number of hydrogen-bond acceptors (Lipinski definition) is 4. The molecular formula is C16H19ClN2O3. The van der Waals surface area contributed by atoms with E-state index in [1.165, 1.54) is 0 Å². The molecule has 0 aromatic heterocycles. The molecule has 3 fully saturated rings. The lowest BCUT2D eigenvalue weighted by atomic mass is 10.0. The van der Waals surface area contributed by atoms with Crippen molar-refractivity contribution in [3.8, 4) is 5.75 Å². The van der Waals surface area contributed by atoms with E-state index in [9.17, 15) is 9.90 Å². The monoisotopic (exact) mass is 322 g/mol. The maximum absolute atomic E-state index is 12.3. The minimum Gasteiger partial charge on any atom is -0.506 e. The van der Waals surface area contributed by atoms with Crippen LogP contribution in [0.15, 0.2) is 18.2 Å². The molecule has 3 aliphatic rings. The number of phenols is 1. The summed E-state index contributed by atoms with van der Waals surface area (Å²) in [5.41, 5.74) is 0.457. The second kappa shape index (κ2) is 5.11. The second-order valence-corrected chi connectivity index (χ2v) is 6.66. The average Bonchev–Trinajstić information content (AvgIpc) is 2.98. The third kappa shape index (κ3) is 1.96. The van der Waals surface area contributed by atoms with E-state index in [1.807, 2.05) is 11.0 Å². The molecular weight excluding hydrogens is 304 g/mol. The van der Waals surface area contributed by atoms with Crippen molar-refractivity contribution in [2.45, 2.75) is 37.6 Å². The Morgan fingerprint density at radius 2 is 2.27 bits per heavy atom. The van der Waals surface area contributed by atoms with Crippen molar-refractivity contribution in [1.82, 2.24) is 9.80 Å². The van der Waals surface area contributed by atoms with Crippen LogP contribution < -0.4 is 0 Å². The van der Waals surface area contributed by atoms with Crippen molar-refractivity contribution in [1.29, 1.82) is 0 Å². The number of aromatic hydroxyl groups is 1. The number of likely N-dealkylation sites (tertiary alicyclic amines) is 1. The van der Waals surface area contributed by atoms with Gasteiger partial charge in [-0.25, -0.2) is 0 Å². The fraction of sp³-hybridized carbons (Fsp3) is 0.562. The van der Waals surface area contributed by atoms with Crippen molar-refractivity contribution in [3.05, 3.63) is 28.8 Å². The third-order valence-corrected chi connectivity index (χ3v) is 5.59. The fourth-order valence-corrected chi connectivity index (χ4v) is 4.32. The van der Waals surface area contributed by atoms with E-state index >= 15 is 0 Å². The van der Waals surface area contributed by atoms with Crippen molar-refractivity contribution in [2.75, 3.05) is 19.7 Å². The van der Waals surface area contributed by atoms with Gasteiger partial charge in [0.15, 0.2) is 5.72 Å². The van der Waals surface area contributed by atoms with Gasteiger partial charge in [0.25, 0.3) is 0 Å². The molecule has 1 spiro atoms. The predicted molar refractivity (Wildman–Crippen MR) is 81.6 cm³/mol. The van der Waals surface area contributed by atoms with Crippen LogP contribution in [0.25, 0.3) is 0 Å². The highest BCUT2D eigenvalue weighted by Crippen LogP contribution is 2.45. The number of hydrogen-bond donors (Lipinski definition) is 1. The van der Waals surface area contributed by atoms with E-state index in [4.69, 9.17) is 16.3 Å². The largest absolute Gasteiger partial charge is 0.506 e. The first-order valence-electron chi connectivity index (χ1n) is 7.77. The molecule has 6 heteroatoms. The normalized spacial score (nSPS) is 31.4. The Bertz CT molecular complexity index is 623. The molecule has 1 N–H and O–H groups in total.